The van der Waals surface area contributed by atoms with Crippen LogP contribution in [0.1, 0.15) is 0 Å². The van der Waals surface area contributed by atoms with Crippen LogP contribution in [0.5, 0.6) is 0 Å². The van der Waals surface area contributed by atoms with Gasteiger partial charge in [0.2, 0.25) is 0 Å². The lowest BCUT2D eigenvalue weighted by molar-refractivity contribution is 1.28. The second-order valence-electron chi connectivity index (χ2n) is 12.5. The van der Waals surface area contributed by atoms with Crippen molar-refractivity contribution < 1.29 is 0 Å². The molecule has 0 bridgehead atoms. The van der Waals surface area contributed by atoms with Gasteiger partial charge in [-0.2, -0.15) is 0 Å². The number of hydrogen-bond acceptors (Lipinski definition) is 1. The van der Waals surface area contributed by atoms with E-state index in [9.17, 15) is 0 Å². The molecule has 0 aromatic heterocycles. The fraction of sp³-hybridized carbons (Fsp3) is 0. The van der Waals surface area contributed by atoms with E-state index in [2.05, 4.69) is 205 Å². The summed E-state index contributed by atoms with van der Waals surface area (Å²) in [5, 5.41) is 0. The molecule has 0 amide bonds. The van der Waals surface area contributed by atoms with Crippen LogP contribution in [0.15, 0.2) is 200 Å². The highest BCUT2D eigenvalue weighted by molar-refractivity contribution is 6.04. The topological polar surface area (TPSA) is 3.24 Å². The van der Waals surface area contributed by atoms with Crippen molar-refractivity contribution in [1.29, 1.82) is 0 Å². The predicted octanol–water partition coefficient (Wildman–Crippen LogP) is 13.5. The molecule has 0 radical (unpaired) electrons. The largest absolute Gasteiger partial charge is 0.310 e. The zero-order chi connectivity index (χ0) is 32.6. The highest BCUT2D eigenvalue weighted by atomic mass is 15.1. The van der Waals surface area contributed by atoms with E-state index in [-0.39, 0.29) is 0 Å². The Kier molecular flexibility index (Phi) is 7.22. The second-order valence-corrected chi connectivity index (χ2v) is 12.5. The Bertz CT molecular complexity index is 2320. The minimum atomic E-state index is 1.11. The fourth-order valence-electron chi connectivity index (χ4n) is 7.30. The lowest BCUT2D eigenvalue weighted by atomic mass is 9.81. The summed E-state index contributed by atoms with van der Waals surface area (Å²) in [5.41, 5.74) is 18.1. The van der Waals surface area contributed by atoms with Gasteiger partial charge >= 0.3 is 0 Å². The molecule has 0 heterocycles. The van der Waals surface area contributed by atoms with Crippen molar-refractivity contribution in [1.82, 2.24) is 0 Å². The fourth-order valence-corrected chi connectivity index (χ4v) is 7.30. The maximum Gasteiger partial charge on any atom is 0.0468 e. The average molecular weight is 624 g/mol. The molecule has 0 fully saturated rings. The van der Waals surface area contributed by atoms with E-state index in [1.54, 1.807) is 0 Å². The summed E-state index contributed by atoms with van der Waals surface area (Å²) >= 11 is 0. The molecule has 1 aliphatic carbocycles. The van der Waals surface area contributed by atoms with Gasteiger partial charge in [0.15, 0.2) is 0 Å². The van der Waals surface area contributed by atoms with Crippen LogP contribution < -0.4 is 4.90 Å². The second kappa shape index (κ2) is 12.3. The third-order valence-corrected chi connectivity index (χ3v) is 9.67. The van der Waals surface area contributed by atoms with Gasteiger partial charge in [-0.15, -0.1) is 0 Å². The smallest absolute Gasteiger partial charge is 0.0468 e. The van der Waals surface area contributed by atoms with Crippen LogP contribution in [0, 0.1) is 0 Å². The molecule has 0 saturated carbocycles. The van der Waals surface area contributed by atoms with Gasteiger partial charge in [-0.1, -0.05) is 164 Å². The van der Waals surface area contributed by atoms with E-state index in [1.165, 1.54) is 66.8 Å². The van der Waals surface area contributed by atoms with Gasteiger partial charge in [0.1, 0.15) is 0 Å². The van der Waals surface area contributed by atoms with Crippen molar-refractivity contribution in [3.63, 3.8) is 0 Å². The minimum absolute atomic E-state index is 1.11. The molecular formula is C48H33N. The molecule has 1 aliphatic rings. The molecule has 230 valence electrons. The Balaban J connectivity index is 1.24. The number of fused-ring (bicyclic) bond motifs is 8. The number of nitrogens with zero attached hydrogens (tertiary/aromatic N) is 1. The zero-order valence-corrected chi connectivity index (χ0v) is 27.0. The Hall–Kier alpha value is -6.44. The van der Waals surface area contributed by atoms with Gasteiger partial charge in [0, 0.05) is 17.1 Å². The van der Waals surface area contributed by atoms with Gasteiger partial charge < -0.3 is 4.90 Å². The Labute approximate surface area is 288 Å². The third kappa shape index (κ3) is 5.23. The maximum atomic E-state index is 2.38. The number of rotatable bonds is 5. The van der Waals surface area contributed by atoms with E-state index in [1.807, 2.05) is 0 Å². The zero-order valence-electron chi connectivity index (χ0n) is 27.0. The predicted molar refractivity (Wildman–Crippen MR) is 207 cm³/mol. The van der Waals surface area contributed by atoms with Crippen molar-refractivity contribution >= 4 is 17.1 Å². The highest BCUT2D eigenvalue weighted by Gasteiger charge is 2.23. The summed E-state index contributed by atoms with van der Waals surface area (Å²) in [6.45, 7) is 0. The first-order valence-corrected chi connectivity index (χ1v) is 16.9. The molecule has 9 rings (SSSR count). The van der Waals surface area contributed by atoms with Crippen LogP contribution in [0.4, 0.5) is 17.1 Å². The molecule has 1 heteroatoms. The molecule has 49 heavy (non-hydrogen) atoms. The molecule has 8 aromatic rings. The normalized spacial score (nSPS) is 11.3. The Morgan fingerprint density at radius 1 is 0.204 bits per heavy atom. The third-order valence-electron chi connectivity index (χ3n) is 9.67. The minimum Gasteiger partial charge on any atom is -0.310 e. The summed E-state index contributed by atoms with van der Waals surface area (Å²) in [7, 11) is 0. The van der Waals surface area contributed by atoms with Crippen molar-refractivity contribution in [2.24, 2.45) is 0 Å². The van der Waals surface area contributed by atoms with Crippen LogP contribution in [-0.2, 0) is 0 Å². The van der Waals surface area contributed by atoms with E-state index in [0.717, 1.165) is 17.1 Å². The summed E-state index contributed by atoms with van der Waals surface area (Å²) in [6, 6.07) is 72.5. The molecule has 0 unspecified atom stereocenters. The molecular weight excluding hydrogens is 591 g/mol. The maximum absolute atomic E-state index is 2.38. The first-order valence-electron chi connectivity index (χ1n) is 16.9. The van der Waals surface area contributed by atoms with Crippen molar-refractivity contribution in [2.75, 3.05) is 4.90 Å². The Morgan fingerprint density at radius 2 is 0.490 bits per heavy atom. The van der Waals surface area contributed by atoms with Crippen LogP contribution in [0.25, 0.3) is 66.8 Å². The lowest BCUT2D eigenvalue weighted by Crippen LogP contribution is -2.10. The van der Waals surface area contributed by atoms with Gasteiger partial charge in [-0.05, 0) is 103 Å². The van der Waals surface area contributed by atoms with E-state index in [0.29, 0.717) is 0 Å². The molecule has 0 atom stereocenters. The number of anilines is 3. The van der Waals surface area contributed by atoms with E-state index >= 15 is 0 Å². The first-order chi connectivity index (χ1) is 24.3. The summed E-state index contributed by atoms with van der Waals surface area (Å²) < 4.78 is 0. The first kappa shape index (κ1) is 28.8. The van der Waals surface area contributed by atoms with Crippen LogP contribution in [0.2, 0.25) is 0 Å². The average Bonchev–Trinajstić information content (AvgIpc) is 3.19. The van der Waals surface area contributed by atoms with Crippen LogP contribution >= 0.6 is 0 Å². The molecule has 8 aromatic carbocycles. The summed E-state index contributed by atoms with van der Waals surface area (Å²) in [4.78, 5) is 2.38. The van der Waals surface area contributed by atoms with E-state index in [4.69, 9.17) is 0 Å². The van der Waals surface area contributed by atoms with E-state index < -0.39 is 0 Å². The van der Waals surface area contributed by atoms with Gasteiger partial charge in [0.25, 0.3) is 0 Å². The molecule has 1 nitrogen and oxygen atoms in total. The standard InChI is InChI=1S/C48H33N/c1-3-13-34(14-4-1)36-23-27-38(28-24-36)49(39-29-25-37(26-30-39)35-15-5-2-6-16-35)40-31-32-47-45-21-10-9-19-43(45)41-17-7-8-18-42(41)44-20-11-12-22-46(44)48(47)33-40/h1-33H. The molecule has 0 aliphatic heterocycles. The van der Waals surface area contributed by atoms with Gasteiger partial charge in [-0.3, -0.25) is 0 Å². The lowest BCUT2D eigenvalue weighted by Gasteiger charge is -2.28. The SMILES string of the molecule is c1ccc(-c2ccc(N(c3ccc(-c4ccccc4)cc3)c3ccc4c(c3)-c3ccccc3-c3ccccc3-c3ccccc3-4)cc2)cc1. The molecule has 0 spiro atoms. The van der Waals surface area contributed by atoms with Gasteiger partial charge in [-0.25, -0.2) is 0 Å². The Morgan fingerprint density at radius 3 is 0.878 bits per heavy atom. The van der Waals surface area contributed by atoms with Crippen molar-refractivity contribution in [3.05, 3.63) is 200 Å². The van der Waals surface area contributed by atoms with Crippen LogP contribution in [0.3, 0.4) is 0 Å². The highest BCUT2D eigenvalue weighted by Crippen LogP contribution is 2.49. The summed E-state index contributed by atoms with van der Waals surface area (Å²) in [6.07, 6.45) is 0. The number of benzene rings is 8. The molecule has 0 saturated heterocycles. The van der Waals surface area contributed by atoms with Crippen molar-refractivity contribution in [2.45, 2.75) is 0 Å². The van der Waals surface area contributed by atoms with Gasteiger partial charge in [0.05, 0.1) is 0 Å². The molecule has 0 N–H and O–H groups in total. The van der Waals surface area contributed by atoms with Crippen LogP contribution in [-0.4, -0.2) is 0 Å². The number of hydrogen-bond donors (Lipinski definition) is 0. The quantitative estimate of drug-likeness (QED) is 0.184. The summed E-state index contributed by atoms with van der Waals surface area (Å²) in [5.74, 6) is 0. The monoisotopic (exact) mass is 623 g/mol. The van der Waals surface area contributed by atoms with Crippen molar-refractivity contribution in [3.8, 4) is 66.8 Å².